The molecule has 0 aliphatic heterocycles. The van der Waals surface area contributed by atoms with Gasteiger partial charge in [0.1, 0.15) is 0 Å². The number of aromatic nitrogens is 4. The fourth-order valence-electron chi connectivity index (χ4n) is 4.87. The van der Waals surface area contributed by atoms with Gasteiger partial charge in [0.05, 0.1) is 24.4 Å². The van der Waals surface area contributed by atoms with E-state index in [-0.39, 0.29) is 18.4 Å². The molecule has 30 heavy (non-hydrogen) atoms. The van der Waals surface area contributed by atoms with Crippen molar-refractivity contribution in [1.82, 2.24) is 19.4 Å². The van der Waals surface area contributed by atoms with Crippen molar-refractivity contribution in [3.8, 4) is 0 Å². The van der Waals surface area contributed by atoms with Gasteiger partial charge in [-0.2, -0.15) is 0 Å². The highest BCUT2D eigenvalue weighted by Crippen LogP contribution is 2.36. The van der Waals surface area contributed by atoms with E-state index in [4.69, 9.17) is 0 Å². The van der Waals surface area contributed by atoms with Crippen LogP contribution in [0.15, 0.2) is 60.9 Å². The molecule has 1 aliphatic carbocycles. The smallest absolute Gasteiger partial charge is 0.307 e. The molecule has 0 saturated heterocycles. The molecule has 1 unspecified atom stereocenters. The van der Waals surface area contributed by atoms with Crippen LogP contribution in [0.3, 0.4) is 0 Å². The molecule has 6 nitrogen and oxygen atoms in total. The fraction of sp³-hybridized carbons (Fsp3) is 0.292. The Labute approximate surface area is 174 Å². The number of carboxylic acid groups (broad SMARTS) is 1. The van der Waals surface area contributed by atoms with Gasteiger partial charge in [0.25, 0.3) is 0 Å². The summed E-state index contributed by atoms with van der Waals surface area (Å²) in [5.41, 5.74) is 6.70. The van der Waals surface area contributed by atoms with Gasteiger partial charge in [0.15, 0.2) is 0 Å². The van der Waals surface area contributed by atoms with Crippen LogP contribution in [0.5, 0.6) is 0 Å². The molecular weight excluding hydrogens is 376 g/mol. The number of hydrogen-bond donors (Lipinski definition) is 1. The molecule has 0 bridgehead atoms. The predicted molar refractivity (Wildman–Crippen MR) is 114 cm³/mol. The number of carbonyl (C=O) groups is 1. The minimum atomic E-state index is -0.786. The van der Waals surface area contributed by atoms with Gasteiger partial charge in [0, 0.05) is 29.7 Å². The van der Waals surface area contributed by atoms with Crippen molar-refractivity contribution in [1.29, 1.82) is 0 Å². The molecule has 1 aliphatic rings. The van der Waals surface area contributed by atoms with Gasteiger partial charge in [-0.15, -0.1) is 5.10 Å². The molecule has 3 heterocycles. The lowest BCUT2D eigenvalue weighted by molar-refractivity contribution is -0.136. The number of aliphatic carboxylic acids is 1. The summed E-state index contributed by atoms with van der Waals surface area (Å²) in [6.45, 7) is 2.19. The summed E-state index contributed by atoms with van der Waals surface area (Å²) in [5, 5.41) is 18.1. The first kappa shape index (κ1) is 18.6. The van der Waals surface area contributed by atoms with E-state index in [0.29, 0.717) is 0 Å². The standard InChI is InChI=1S/C24H24N4O2/c1-16(17-7-3-2-4-8-17)23-15-25-26-28(23)18-10-11-19-20(14-24(29)30)21-9-5-6-12-27(21)22(19)13-18/h2-9,12,15-16,18H,10-11,13-14H2,1H3,(H,29,30)/t16?,18-/m1/s1. The molecule has 3 aromatic heterocycles. The lowest BCUT2D eigenvalue weighted by Crippen LogP contribution is -2.23. The van der Waals surface area contributed by atoms with Crippen LogP contribution in [0, 0.1) is 0 Å². The Morgan fingerprint density at radius 1 is 1.20 bits per heavy atom. The minimum absolute atomic E-state index is 0.0626. The van der Waals surface area contributed by atoms with E-state index < -0.39 is 5.97 Å². The average molecular weight is 400 g/mol. The van der Waals surface area contributed by atoms with Crippen molar-refractivity contribution >= 4 is 11.5 Å². The molecule has 6 heteroatoms. The number of fused-ring (bicyclic) bond motifs is 3. The summed E-state index contributed by atoms with van der Waals surface area (Å²) in [7, 11) is 0. The maximum absolute atomic E-state index is 11.5. The minimum Gasteiger partial charge on any atom is -0.481 e. The Hall–Kier alpha value is -3.41. The van der Waals surface area contributed by atoms with Crippen LogP contribution in [0.2, 0.25) is 0 Å². The Balaban J connectivity index is 1.52. The third-order valence-corrected chi connectivity index (χ3v) is 6.35. The van der Waals surface area contributed by atoms with E-state index in [0.717, 1.165) is 36.0 Å². The molecule has 0 saturated carbocycles. The summed E-state index contributed by atoms with van der Waals surface area (Å²) in [6, 6.07) is 16.6. The SMILES string of the molecule is CC(c1ccccc1)c1cnnn1[C@@H]1CCc2c(CC(=O)O)c3ccccn3c2C1. The Morgan fingerprint density at radius 3 is 2.80 bits per heavy atom. The molecule has 1 N–H and O–H groups in total. The average Bonchev–Trinajstić information content (AvgIpc) is 3.37. The second-order valence-corrected chi connectivity index (χ2v) is 8.06. The Bertz CT molecular complexity index is 1210. The van der Waals surface area contributed by atoms with Gasteiger partial charge in [-0.1, -0.05) is 48.5 Å². The first-order valence-corrected chi connectivity index (χ1v) is 10.4. The summed E-state index contributed by atoms with van der Waals surface area (Å²) in [5.74, 6) is -0.583. The highest BCUT2D eigenvalue weighted by atomic mass is 16.4. The zero-order valence-corrected chi connectivity index (χ0v) is 16.9. The van der Waals surface area contributed by atoms with Crippen LogP contribution in [-0.2, 0) is 24.1 Å². The van der Waals surface area contributed by atoms with Crippen LogP contribution >= 0.6 is 0 Å². The molecule has 1 aromatic carbocycles. The Morgan fingerprint density at radius 2 is 2.00 bits per heavy atom. The molecule has 2 atom stereocenters. The van der Waals surface area contributed by atoms with Gasteiger partial charge in [-0.05, 0) is 41.7 Å². The molecule has 4 aromatic rings. The summed E-state index contributed by atoms with van der Waals surface area (Å²) >= 11 is 0. The monoisotopic (exact) mass is 400 g/mol. The van der Waals surface area contributed by atoms with Crippen molar-refractivity contribution in [2.75, 3.05) is 0 Å². The number of pyridine rings is 1. The first-order chi connectivity index (χ1) is 14.6. The third kappa shape index (κ3) is 3.09. The predicted octanol–water partition coefficient (Wildman–Crippen LogP) is 4.04. The summed E-state index contributed by atoms with van der Waals surface area (Å²) < 4.78 is 4.25. The molecule has 152 valence electrons. The highest BCUT2D eigenvalue weighted by Gasteiger charge is 2.30. The van der Waals surface area contributed by atoms with Crippen LogP contribution in [0.25, 0.3) is 5.52 Å². The van der Waals surface area contributed by atoms with E-state index in [9.17, 15) is 9.90 Å². The van der Waals surface area contributed by atoms with Crippen LogP contribution < -0.4 is 0 Å². The van der Waals surface area contributed by atoms with Crippen molar-refractivity contribution in [3.05, 3.63) is 89.0 Å². The second-order valence-electron chi connectivity index (χ2n) is 8.06. The molecule has 0 amide bonds. The zero-order valence-electron chi connectivity index (χ0n) is 16.9. The molecular formula is C24H24N4O2. The summed E-state index contributed by atoms with van der Waals surface area (Å²) in [4.78, 5) is 11.5. The lowest BCUT2D eigenvalue weighted by Gasteiger charge is -2.26. The zero-order chi connectivity index (χ0) is 20.7. The maximum atomic E-state index is 11.5. The van der Waals surface area contributed by atoms with Gasteiger partial charge < -0.3 is 9.51 Å². The first-order valence-electron chi connectivity index (χ1n) is 10.4. The number of carboxylic acids is 1. The number of rotatable bonds is 5. The number of nitrogens with zero attached hydrogens (tertiary/aromatic N) is 4. The van der Waals surface area contributed by atoms with Gasteiger partial charge in [-0.3, -0.25) is 4.79 Å². The van der Waals surface area contributed by atoms with E-state index in [1.165, 1.54) is 16.8 Å². The van der Waals surface area contributed by atoms with Crippen molar-refractivity contribution in [3.63, 3.8) is 0 Å². The largest absolute Gasteiger partial charge is 0.481 e. The van der Waals surface area contributed by atoms with Gasteiger partial charge >= 0.3 is 5.97 Å². The maximum Gasteiger partial charge on any atom is 0.307 e. The van der Waals surface area contributed by atoms with Gasteiger partial charge in [0.2, 0.25) is 0 Å². The van der Waals surface area contributed by atoms with E-state index in [2.05, 4.69) is 50.6 Å². The quantitative estimate of drug-likeness (QED) is 0.549. The van der Waals surface area contributed by atoms with Crippen molar-refractivity contribution in [2.24, 2.45) is 0 Å². The number of benzene rings is 1. The third-order valence-electron chi connectivity index (χ3n) is 6.35. The van der Waals surface area contributed by atoms with Crippen LogP contribution in [0.4, 0.5) is 0 Å². The molecule has 0 fully saturated rings. The normalized spacial score (nSPS) is 17.0. The molecule has 0 radical (unpaired) electrons. The van der Waals surface area contributed by atoms with Crippen molar-refractivity contribution in [2.45, 2.75) is 44.6 Å². The molecule has 0 spiro atoms. The van der Waals surface area contributed by atoms with E-state index >= 15 is 0 Å². The van der Waals surface area contributed by atoms with E-state index in [1.807, 2.05) is 36.7 Å². The van der Waals surface area contributed by atoms with Crippen LogP contribution in [0.1, 0.15) is 53.4 Å². The van der Waals surface area contributed by atoms with E-state index in [1.54, 1.807) is 0 Å². The number of hydrogen-bond acceptors (Lipinski definition) is 3. The van der Waals surface area contributed by atoms with Crippen molar-refractivity contribution < 1.29 is 9.90 Å². The van der Waals surface area contributed by atoms with Crippen LogP contribution in [-0.4, -0.2) is 30.5 Å². The lowest BCUT2D eigenvalue weighted by atomic mass is 9.89. The summed E-state index contributed by atoms with van der Waals surface area (Å²) in [6.07, 6.45) is 6.57. The topological polar surface area (TPSA) is 72.4 Å². The van der Waals surface area contributed by atoms with Gasteiger partial charge in [-0.25, -0.2) is 4.68 Å². The Kier molecular flexibility index (Phi) is 4.62. The highest BCUT2D eigenvalue weighted by molar-refractivity contribution is 5.76. The second kappa shape index (κ2) is 7.44. The molecule has 5 rings (SSSR count). The fourth-order valence-corrected chi connectivity index (χ4v) is 4.87.